The third kappa shape index (κ3) is 6.04. The number of carboxylic acid groups (broad SMARTS) is 1. The summed E-state index contributed by atoms with van der Waals surface area (Å²) in [5, 5.41) is 9.23. The van der Waals surface area contributed by atoms with Crippen LogP contribution in [0.2, 0.25) is 0 Å². The SMILES string of the molecule is CC(C)C[C@H](N)C(=O)CC(Cc1ccc(F)cc1)C(=O)O. The van der Waals surface area contributed by atoms with E-state index in [-0.39, 0.29) is 30.4 Å². The molecule has 1 aromatic rings. The van der Waals surface area contributed by atoms with E-state index in [0.29, 0.717) is 12.0 Å². The molecular weight excluding hydrogens is 273 g/mol. The van der Waals surface area contributed by atoms with Crippen LogP contribution in [-0.4, -0.2) is 22.9 Å². The molecule has 0 aliphatic carbocycles. The van der Waals surface area contributed by atoms with Gasteiger partial charge >= 0.3 is 5.97 Å². The van der Waals surface area contributed by atoms with Crippen molar-refractivity contribution in [2.45, 2.75) is 39.2 Å². The van der Waals surface area contributed by atoms with Crippen molar-refractivity contribution in [2.75, 3.05) is 0 Å². The minimum atomic E-state index is -1.04. The van der Waals surface area contributed by atoms with Crippen LogP contribution in [0.15, 0.2) is 24.3 Å². The highest BCUT2D eigenvalue weighted by Gasteiger charge is 2.25. The van der Waals surface area contributed by atoms with Gasteiger partial charge in [0, 0.05) is 6.42 Å². The number of Topliss-reactive ketones (excluding diaryl/α,β-unsaturated/α-hetero) is 1. The summed E-state index contributed by atoms with van der Waals surface area (Å²) < 4.78 is 12.8. The number of benzene rings is 1. The summed E-state index contributed by atoms with van der Waals surface area (Å²) in [7, 11) is 0. The molecule has 2 atom stereocenters. The number of rotatable bonds is 8. The molecule has 0 heterocycles. The van der Waals surface area contributed by atoms with E-state index in [1.165, 1.54) is 24.3 Å². The number of halogens is 1. The zero-order chi connectivity index (χ0) is 16.0. The van der Waals surface area contributed by atoms with Crippen molar-refractivity contribution >= 4 is 11.8 Å². The number of carboxylic acids is 1. The molecule has 21 heavy (non-hydrogen) atoms. The Hall–Kier alpha value is -1.75. The highest BCUT2D eigenvalue weighted by molar-refractivity contribution is 5.87. The van der Waals surface area contributed by atoms with Gasteiger partial charge in [-0.2, -0.15) is 0 Å². The van der Waals surface area contributed by atoms with Crippen LogP contribution in [0.5, 0.6) is 0 Å². The van der Waals surface area contributed by atoms with Gasteiger partial charge in [-0.1, -0.05) is 26.0 Å². The van der Waals surface area contributed by atoms with Crippen LogP contribution in [0, 0.1) is 17.7 Å². The Labute approximate surface area is 124 Å². The van der Waals surface area contributed by atoms with Crippen molar-refractivity contribution in [1.29, 1.82) is 0 Å². The van der Waals surface area contributed by atoms with Gasteiger partial charge in [-0.05, 0) is 36.5 Å². The second-order valence-electron chi connectivity index (χ2n) is 5.77. The smallest absolute Gasteiger partial charge is 0.307 e. The van der Waals surface area contributed by atoms with Crippen LogP contribution >= 0.6 is 0 Å². The zero-order valence-corrected chi connectivity index (χ0v) is 12.4. The number of ketones is 1. The molecule has 0 fully saturated rings. The van der Waals surface area contributed by atoms with E-state index >= 15 is 0 Å². The summed E-state index contributed by atoms with van der Waals surface area (Å²) in [5.74, 6) is -2.20. The van der Waals surface area contributed by atoms with Crippen molar-refractivity contribution < 1.29 is 19.1 Å². The molecule has 1 rings (SSSR count). The predicted octanol–water partition coefficient (Wildman–Crippen LogP) is 2.40. The Bertz CT molecular complexity index is 485. The zero-order valence-electron chi connectivity index (χ0n) is 12.4. The van der Waals surface area contributed by atoms with E-state index in [2.05, 4.69) is 0 Å². The lowest BCUT2D eigenvalue weighted by Gasteiger charge is -2.16. The van der Waals surface area contributed by atoms with E-state index in [0.717, 1.165) is 0 Å². The van der Waals surface area contributed by atoms with Crippen molar-refractivity contribution in [3.8, 4) is 0 Å². The van der Waals surface area contributed by atoms with Crippen LogP contribution < -0.4 is 5.73 Å². The van der Waals surface area contributed by atoms with Crippen molar-refractivity contribution in [2.24, 2.45) is 17.6 Å². The molecule has 4 nitrogen and oxygen atoms in total. The molecule has 0 spiro atoms. The van der Waals surface area contributed by atoms with Gasteiger partial charge < -0.3 is 10.8 Å². The molecule has 0 radical (unpaired) electrons. The van der Waals surface area contributed by atoms with Crippen molar-refractivity contribution in [3.05, 3.63) is 35.6 Å². The van der Waals surface area contributed by atoms with Gasteiger partial charge in [0.25, 0.3) is 0 Å². The van der Waals surface area contributed by atoms with Crippen LogP contribution in [0.4, 0.5) is 4.39 Å². The molecular formula is C16H22FNO3. The van der Waals surface area contributed by atoms with Gasteiger partial charge in [-0.3, -0.25) is 9.59 Å². The first-order valence-electron chi connectivity index (χ1n) is 7.05. The Balaban J connectivity index is 2.67. The van der Waals surface area contributed by atoms with E-state index in [1.807, 2.05) is 13.8 Å². The van der Waals surface area contributed by atoms with Gasteiger partial charge in [-0.15, -0.1) is 0 Å². The van der Waals surface area contributed by atoms with Crippen molar-refractivity contribution in [3.63, 3.8) is 0 Å². The summed E-state index contributed by atoms with van der Waals surface area (Å²) in [6.07, 6.45) is 0.637. The number of carbonyl (C=O) groups excluding carboxylic acids is 1. The van der Waals surface area contributed by atoms with Crippen molar-refractivity contribution in [1.82, 2.24) is 0 Å². The molecule has 1 unspecified atom stereocenters. The van der Waals surface area contributed by atoms with E-state index in [1.54, 1.807) is 0 Å². The molecule has 1 aromatic carbocycles. The van der Waals surface area contributed by atoms with Crippen LogP contribution in [0.1, 0.15) is 32.3 Å². The molecule has 0 saturated carbocycles. The fourth-order valence-corrected chi connectivity index (χ4v) is 2.19. The molecule has 0 bridgehead atoms. The quantitative estimate of drug-likeness (QED) is 0.771. The maximum Gasteiger partial charge on any atom is 0.307 e. The summed E-state index contributed by atoms with van der Waals surface area (Å²) in [6.45, 7) is 3.92. The molecule has 0 aromatic heterocycles. The molecule has 116 valence electrons. The summed E-state index contributed by atoms with van der Waals surface area (Å²) in [5.41, 5.74) is 6.48. The van der Waals surface area contributed by atoms with Gasteiger partial charge in [-0.25, -0.2) is 4.39 Å². The Morgan fingerprint density at radius 1 is 1.24 bits per heavy atom. The fraction of sp³-hybridized carbons (Fsp3) is 0.500. The lowest BCUT2D eigenvalue weighted by Crippen LogP contribution is -2.34. The van der Waals surface area contributed by atoms with Crippen LogP contribution in [-0.2, 0) is 16.0 Å². The normalized spacial score (nSPS) is 14.0. The molecule has 0 saturated heterocycles. The van der Waals surface area contributed by atoms with Gasteiger partial charge in [0.2, 0.25) is 0 Å². The summed E-state index contributed by atoms with van der Waals surface area (Å²) in [6, 6.07) is 4.99. The number of carbonyl (C=O) groups is 2. The van der Waals surface area contributed by atoms with E-state index in [9.17, 15) is 19.1 Å². The number of aliphatic carboxylic acids is 1. The highest BCUT2D eigenvalue weighted by atomic mass is 19.1. The number of hydrogen-bond donors (Lipinski definition) is 2. The minimum absolute atomic E-state index is 0.0966. The first kappa shape index (κ1) is 17.3. The average Bonchev–Trinajstić information content (AvgIpc) is 2.39. The second kappa shape index (κ2) is 7.88. The maximum atomic E-state index is 12.8. The Kier molecular flexibility index (Phi) is 6.49. The lowest BCUT2D eigenvalue weighted by molar-refractivity contribution is -0.143. The predicted molar refractivity (Wildman–Crippen MR) is 78.3 cm³/mol. The summed E-state index contributed by atoms with van der Waals surface area (Å²) >= 11 is 0. The van der Waals surface area contributed by atoms with Crippen LogP contribution in [0.25, 0.3) is 0 Å². The topological polar surface area (TPSA) is 80.4 Å². The number of nitrogens with two attached hydrogens (primary N) is 1. The fourth-order valence-electron chi connectivity index (χ4n) is 2.19. The van der Waals surface area contributed by atoms with Crippen LogP contribution in [0.3, 0.4) is 0 Å². The molecule has 5 heteroatoms. The maximum absolute atomic E-state index is 12.8. The van der Waals surface area contributed by atoms with E-state index < -0.39 is 17.9 Å². The summed E-state index contributed by atoms with van der Waals surface area (Å²) in [4.78, 5) is 23.3. The molecule has 0 aliphatic heterocycles. The largest absolute Gasteiger partial charge is 0.481 e. The van der Waals surface area contributed by atoms with Gasteiger partial charge in [0.1, 0.15) is 11.6 Å². The standard InChI is InChI=1S/C16H22FNO3/c1-10(2)7-14(18)15(19)9-12(16(20)21)8-11-3-5-13(17)6-4-11/h3-6,10,12,14H,7-9,18H2,1-2H3,(H,20,21)/t12?,14-/m0/s1. The Morgan fingerprint density at radius 2 is 1.81 bits per heavy atom. The molecule has 0 amide bonds. The number of hydrogen-bond acceptors (Lipinski definition) is 3. The highest BCUT2D eigenvalue weighted by Crippen LogP contribution is 2.16. The van der Waals surface area contributed by atoms with Gasteiger partial charge in [0.05, 0.1) is 12.0 Å². The molecule has 0 aliphatic rings. The third-order valence-corrected chi connectivity index (χ3v) is 3.33. The first-order valence-corrected chi connectivity index (χ1v) is 7.05. The average molecular weight is 295 g/mol. The Morgan fingerprint density at radius 3 is 2.29 bits per heavy atom. The minimum Gasteiger partial charge on any atom is -0.481 e. The molecule has 3 N–H and O–H groups in total. The second-order valence-corrected chi connectivity index (χ2v) is 5.77. The lowest BCUT2D eigenvalue weighted by atomic mass is 9.90. The van der Waals surface area contributed by atoms with Gasteiger partial charge in [0.15, 0.2) is 0 Å². The third-order valence-electron chi connectivity index (χ3n) is 3.33. The first-order chi connectivity index (χ1) is 9.79. The van der Waals surface area contributed by atoms with E-state index in [4.69, 9.17) is 5.73 Å². The monoisotopic (exact) mass is 295 g/mol.